The summed E-state index contributed by atoms with van der Waals surface area (Å²) >= 11 is 0. The highest BCUT2D eigenvalue weighted by molar-refractivity contribution is 5.82. The maximum Gasteiger partial charge on any atom is 0.216 e. The summed E-state index contributed by atoms with van der Waals surface area (Å²) in [7, 11) is 0. The van der Waals surface area contributed by atoms with Crippen molar-refractivity contribution in [2.75, 3.05) is 6.54 Å². The smallest absolute Gasteiger partial charge is 0.216 e. The molecule has 1 fully saturated rings. The van der Waals surface area contributed by atoms with E-state index in [9.17, 15) is 9.59 Å². The first-order valence-electron chi connectivity index (χ1n) is 12.5. The van der Waals surface area contributed by atoms with Crippen LogP contribution in [0.1, 0.15) is 99.6 Å². The molecule has 0 spiro atoms. The van der Waals surface area contributed by atoms with Gasteiger partial charge in [-0.25, -0.2) is 0 Å². The Morgan fingerprint density at radius 1 is 1.15 bits per heavy atom. The highest BCUT2D eigenvalue weighted by Gasteiger charge is 2.32. The summed E-state index contributed by atoms with van der Waals surface area (Å²) in [6.45, 7) is 10.7. The summed E-state index contributed by atoms with van der Waals surface area (Å²) in [5.74, 6) is 2.78. The minimum atomic E-state index is -0.0478. The molecule has 1 aromatic carbocycles. The van der Waals surface area contributed by atoms with Crippen LogP contribution in [0.25, 0.3) is 0 Å². The molecule has 33 heavy (non-hydrogen) atoms. The van der Waals surface area contributed by atoms with E-state index in [0.29, 0.717) is 37.8 Å². The Labute approximate surface area is 198 Å². The highest BCUT2D eigenvalue weighted by atomic mass is 16.1. The van der Waals surface area contributed by atoms with Gasteiger partial charge in [0.15, 0.2) is 0 Å². The molecule has 180 valence electrons. The van der Waals surface area contributed by atoms with Gasteiger partial charge in [0.05, 0.1) is 0 Å². The van der Waals surface area contributed by atoms with E-state index < -0.39 is 0 Å². The fourth-order valence-electron chi connectivity index (χ4n) is 4.53. The van der Waals surface area contributed by atoms with Gasteiger partial charge in [-0.15, -0.1) is 10.2 Å². The van der Waals surface area contributed by atoms with E-state index in [1.54, 1.807) is 0 Å². The zero-order valence-corrected chi connectivity index (χ0v) is 21.0. The van der Waals surface area contributed by atoms with E-state index in [1.165, 1.54) is 18.9 Å². The van der Waals surface area contributed by atoms with Crippen molar-refractivity contribution in [1.82, 2.24) is 20.1 Å². The monoisotopic (exact) mass is 452 g/mol. The second kappa shape index (κ2) is 11.6. The van der Waals surface area contributed by atoms with E-state index in [4.69, 9.17) is 0 Å². The summed E-state index contributed by atoms with van der Waals surface area (Å²) < 4.78 is 2.32. The predicted molar refractivity (Wildman–Crippen MR) is 131 cm³/mol. The lowest BCUT2D eigenvalue weighted by molar-refractivity contribution is -0.119. The molecule has 1 saturated carbocycles. The van der Waals surface area contributed by atoms with Gasteiger partial charge < -0.3 is 9.88 Å². The number of aromatic nitrogens is 3. The van der Waals surface area contributed by atoms with Crippen molar-refractivity contribution in [3.63, 3.8) is 0 Å². The van der Waals surface area contributed by atoms with Crippen molar-refractivity contribution in [2.24, 2.45) is 5.92 Å². The molecule has 1 unspecified atom stereocenters. The number of hydrogen-bond donors (Lipinski definition) is 1. The normalized spacial score (nSPS) is 14.5. The average Bonchev–Trinajstić information content (AvgIpc) is 3.48. The van der Waals surface area contributed by atoms with E-state index in [0.717, 1.165) is 48.5 Å². The van der Waals surface area contributed by atoms with Crippen LogP contribution in [0.5, 0.6) is 0 Å². The summed E-state index contributed by atoms with van der Waals surface area (Å²) in [5, 5.41) is 12.1. The van der Waals surface area contributed by atoms with Crippen LogP contribution >= 0.6 is 0 Å². The van der Waals surface area contributed by atoms with Crippen LogP contribution in [0.2, 0.25) is 0 Å². The minimum Gasteiger partial charge on any atom is -0.356 e. The largest absolute Gasteiger partial charge is 0.356 e. The Kier molecular flexibility index (Phi) is 8.81. The van der Waals surface area contributed by atoms with Crippen LogP contribution in [0.3, 0.4) is 0 Å². The van der Waals surface area contributed by atoms with Gasteiger partial charge in [-0.05, 0) is 56.6 Å². The molecule has 1 heterocycles. The molecule has 6 heteroatoms. The first kappa shape index (κ1) is 25.1. The van der Waals surface area contributed by atoms with Gasteiger partial charge in [0, 0.05) is 44.7 Å². The second-order valence-corrected chi connectivity index (χ2v) is 10.2. The molecule has 0 bridgehead atoms. The summed E-state index contributed by atoms with van der Waals surface area (Å²) in [6.07, 6.45) is 7.04. The third-order valence-corrected chi connectivity index (χ3v) is 6.48. The van der Waals surface area contributed by atoms with Crippen molar-refractivity contribution in [3.05, 3.63) is 46.5 Å². The molecular weight excluding hydrogens is 412 g/mol. The number of carbonyl (C=O) groups is 2. The van der Waals surface area contributed by atoms with Crippen molar-refractivity contribution >= 4 is 11.7 Å². The van der Waals surface area contributed by atoms with E-state index in [2.05, 4.69) is 66.0 Å². The molecule has 2 aromatic rings. The van der Waals surface area contributed by atoms with Crippen LogP contribution in [0.4, 0.5) is 0 Å². The molecule has 3 rings (SSSR count). The molecule has 1 aromatic heterocycles. The molecule has 0 aliphatic heterocycles. The van der Waals surface area contributed by atoms with Crippen LogP contribution in [-0.2, 0) is 22.4 Å². The van der Waals surface area contributed by atoms with Crippen molar-refractivity contribution in [1.29, 1.82) is 0 Å². The standard InChI is InChI=1S/C27H40N4O2/c1-18(2)7-6-8-26-29-30-27(31(26)24-11-12-24)23(13-14-28-21(5)32)17-25(33)16-22-10-9-19(3)15-20(22)4/h9-10,15,18,23-24H,6-8,11-14,16-17H2,1-5H3,(H,28,32). The number of nitrogens with zero attached hydrogens (tertiary/aromatic N) is 3. The van der Waals surface area contributed by atoms with Crippen molar-refractivity contribution < 1.29 is 9.59 Å². The molecule has 1 atom stereocenters. The van der Waals surface area contributed by atoms with Crippen molar-refractivity contribution in [2.45, 2.75) is 97.9 Å². The SMILES string of the molecule is CC(=O)NCCC(CC(=O)Cc1ccc(C)cc1C)c1nnc(CCCC(C)C)n1C1CC1. The van der Waals surface area contributed by atoms with Gasteiger partial charge >= 0.3 is 0 Å². The number of benzene rings is 1. The van der Waals surface area contributed by atoms with Crippen LogP contribution in [0, 0.1) is 19.8 Å². The third-order valence-electron chi connectivity index (χ3n) is 6.48. The van der Waals surface area contributed by atoms with Gasteiger partial charge in [-0.3, -0.25) is 9.59 Å². The number of Topliss-reactive ketones (excluding diaryl/α,β-unsaturated/α-hetero) is 1. The van der Waals surface area contributed by atoms with Crippen molar-refractivity contribution in [3.8, 4) is 0 Å². The molecule has 1 N–H and O–H groups in total. The fourth-order valence-corrected chi connectivity index (χ4v) is 4.53. The number of ketones is 1. The topological polar surface area (TPSA) is 76.9 Å². The lowest BCUT2D eigenvalue weighted by atomic mass is 9.93. The number of carbonyl (C=O) groups excluding carboxylic acids is 2. The van der Waals surface area contributed by atoms with E-state index in [-0.39, 0.29) is 17.6 Å². The third kappa shape index (κ3) is 7.51. The van der Waals surface area contributed by atoms with E-state index in [1.807, 2.05) is 0 Å². The van der Waals surface area contributed by atoms with Gasteiger partial charge in [0.1, 0.15) is 17.4 Å². The Morgan fingerprint density at radius 2 is 1.91 bits per heavy atom. The van der Waals surface area contributed by atoms with E-state index >= 15 is 0 Å². The zero-order valence-electron chi connectivity index (χ0n) is 21.0. The zero-order chi connectivity index (χ0) is 24.0. The Bertz CT molecular complexity index is 959. The first-order chi connectivity index (χ1) is 15.7. The Hall–Kier alpha value is -2.50. The van der Waals surface area contributed by atoms with Crippen LogP contribution in [-0.4, -0.2) is 33.0 Å². The molecule has 1 amide bonds. The molecular formula is C27H40N4O2. The number of rotatable bonds is 13. The Balaban J connectivity index is 1.77. The average molecular weight is 453 g/mol. The molecule has 0 radical (unpaired) electrons. The maximum absolute atomic E-state index is 13.1. The highest BCUT2D eigenvalue weighted by Crippen LogP contribution is 2.39. The van der Waals surface area contributed by atoms with Gasteiger partial charge in [0.2, 0.25) is 5.91 Å². The lowest BCUT2D eigenvalue weighted by Crippen LogP contribution is -2.24. The molecule has 1 aliphatic carbocycles. The van der Waals surface area contributed by atoms with Gasteiger partial charge in [-0.2, -0.15) is 0 Å². The van der Waals surface area contributed by atoms with Gasteiger partial charge in [-0.1, -0.05) is 44.0 Å². The molecule has 1 aliphatic rings. The lowest BCUT2D eigenvalue weighted by Gasteiger charge is -2.19. The summed E-state index contributed by atoms with van der Waals surface area (Å²) in [6, 6.07) is 6.72. The van der Waals surface area contributed by atoms with Crippen LogP contribution in [0.15, 0.2) is 18.2 Å². The van der Waals surface area contributed by atoms with Gasteiger partial charge in [0.25, 0.3) is 0 Å². The Morgan fingerprint density at radius 3 is 2.55 bits per heavy atom. The first-order valence-corrected chi connectivity index (χ1v) is 12.5. The quantitative estimate of drug-likeness (QED) is 0.463. The van der Waals surface area contributed by atoms with Crippen LogP contribution < -0.4 is 5.32 Å². The minimum absolute atomic E-state index is 0.0398. The summed E-state index contributed by atoms with van der Waals surface area (Å²) in [4.78, 5) is 24.6. The molecule has 0 saturated heterocycles. The number of nitrogens with one attached hydrogen (secondary N) is 1. The predicted octanol–water partition coefficient (Wildman–Crippen LogP) is 5.02. The second-order valence-electron chi connectivity index (χ2n) is 10.2. The summed E-state index contributed by atoms with van der Waals surface area (Å²) in [5.41, 5.74) is 3.45. The fraction of sp³-hybridized carbons (Fsp3) is 0.630. The number of aryl methyl sites for hydroxylation is 3. The number of amides is 1. The number of hydrogen-bond acceptors (Lipinski definition) is 4. The molecule has 6 nitrogen and oxygen atoms in total. The maximum atomic E-state index is 13.1.